The summed E-state index contributed by atoms with van der Waals surface area (Å²) in [6.45, 7) is 4.71. The number of halogens is 2. The lowest BCUT2D eigenvalue weighted by Gasteiger charge is -2.30. The summed E-state index contributed by atoms with van der Waals surface area (Å²) in [4.78, 5) is 4.76. The van der Waals surface area contributed by atoms with E-state index in [2.05, 4.69) is 24.5 Å². The Morgan fingerprint density at radius 2 is 2.20 bits per heavy atom. The van der Waals surface area contributed by atoms with Crippen molar-refractivity contribution in [1.29, 1.82) is 0 Å². The van der Waals surface area contributed by atoms with E-state index in [-0.39, 0.29) is 0 Å². The zero-order valence-electron chi connectivity index (χ0n) is 12.0. The highest BCUT2D eigenvalue weighted by atomic mass is 35.5. The Labute approximate surface area is 130 Å². The topological polar surface area (TPSA) is 17.8 Å². The van der Waals surface area contributed by atoms with E-state index >= 15 is 0 Å². The highest BCUT2D eigenvalue weighted by Crippen LogP contribution is 2.47. The molecule has 2 aromatic rings. The molecule has 2 nitrogen and oxygen atoms in total. The van der Waals surface area contributed by atoms with Gasteiger partial charge in [0, 0.05) is 18.3 Å². The van der Waals surface area contributed by atoms with E-state index in [9.17, 15) is 0 Å². The number of alkyl halides is 1. The van der Waals surface area contributed by atoms with Crippen LogP contribution in [0.3, 0.4) is 0 Å². The predicted molar refractivity (Wildman–Crippen MR) is 85.8 cm³/mol. The first-order valence-corrected chi connectivity index (χ1v) is 8.17. The summed E-state index contributed by atoms with van der Waals surface area (Å²) in [5.74, 6) is 1.66. The number of hydrogen-bond donors (Lipinski definition) is 0. The number of rotatable bonds is 3. The van der Waals surface area contributed by atoms with Gasteiger partial charge < -0.3 is 4.57 Å². The van der Waals surface area contributed by atoms with Crippen LogP contribution in [-0.4, -0.2) is 15.4 Å². The van der Waals surface area contributed by atoms with Gasteiger partial charge in [0.25, 0.3) is 0 Å². The molecule has 1 heterocycles. The van der Waals surface area contributed by atoms with Crippen molar-refractivity contribution in [3.05, 3.63) is 29.0 Å². The SMILES string of the molecule is CC1(C)CCCC1n1c(CCCl)nc2c(Cl)cccc21. The maximum absolute atomic E-state index is 6.31. The molecule has 4 heteroatoms. The van der Waals surface area contributed by atoms with Crippen LogP contribution in [0.4, 0.5) is 0 Å². The van der Waals surface area contributed by atoms with Crippen LogP contribution in [0.5, 0.6) is 0 Å². The van der Waals surface area contributed by atoms with E-state index in [4.69, 9.17) is 28.2 Å². The van der Waals surface area contributed by atoms with Gasteiger partial charge in [-0.3, -0.25) is 0 Å². The first-order valence-electron chi connectivity index (χ1n) is 7.26. The number of nitrogens with zero attached hydrogens (tertiary/aromatic N) is 2. The lowest BCUT2D eigenvalue weighted by atomic mass is 9.87. The minimum atomic E-state index is 0.303. The third kappa shape index (κ3) is 2.23. The van der Waals surface area contributed by atoms with E-state index in [1.165, 1.54) is 19.3 Å². The number of hydrogen-bond acceptors (Lipinski definition) is 1. The van der Waals surface area contributed by atoms with Crippen LogP contribution in [-0.2, 0) is 6.42 Å². The molecule has 0 amide bonds. The monoisotopic (exact) mass is 310 g/mol. The van der Waals surface area contributed by atoms with Crippen molar-refractivity contribution < 1.29 is 0 Å². The Morgan fingerprint density at radius 3 is 2.85 bits per heavy atom. The van der Waals surface area contributed by atoms with E-state index in [0.717, 1.165) is 28.3 Å². The van der Waals surface area contributed by atoms with Crippen LogP contribution < -0.4 is 0 Å². The maximum atomic E-state index is 6.31. The Hall–Kier alpha value is -0.730. The number of benzene rings is 1. The van der Waals surface area contributed by atoms with Crippen LogP contribution >= 0.6 is 23.2 Å². The molecule has 0 N–H and O–H groups in total. The van der Waals surface area contributed by atoms with Crippen molar-refractivity contribution in [3.63, 3.8) is 0 Å². The third-order valence-corrected chi connectivity index (χ3v) is 5.07. The van der Waals surface area contributed by atoms with Crippen LogP contribution in [0.1, 0.15) is 45.0 Å². The Morgan fingerprint density at radius 1 is 1.40 bits per heavy atom. The summed E-state index contributed by atoms with van der Waals surface area (Å²) in [5.41, 5.74) is 2.37. The molecule has 1 saturated carbocycles. The Bertz CT molecular complexity index is 631. The zero-order chi connectivity index (χ0) is 14.3. The first kappa shape index (κ1) is 14.2. The van der Waals surface area contributed by atoms with Gasteiger partial charge in [0.2, 0.25) is 0 Å². The smallest absolute Gasteiger partial charge is 0.111 e. The first-order chi connectivity index (χ1) is 9.54. The number of aryl methyl sites for hydroxylation is 1. The molecule has 0 aliphatic heterocycles. The van der Waals surface area contributed by atoms with Crippen LogP contribution in [0.15, 0.2) is 18.2 Å². The number of fused-ring (bicyclic) bond motifs is 1. The molecule has 0 radical (unpaired) electrons. The van der Waals surface area contributed by atoms with Gasteiger partial charge in [-0.25, -0.2) is 4.98 Å². The fourth-order valence-electron chi connectivity index (χ4n) is 3.53. The second-order valence-corrected chi connectivity index (χ2v) is 7.13. The van der Waals surface area contributed by atoms with Crippen molar-refractivity contribution in [2.45, 2.75) is 45.6 Å². The van der Waals surface area contributed by atoms with Gasteiger partial charge in [-0.05, 0) is 30.4 Å². The van der Waals surface area contributed by atoms with Crippen LogP contribution in [0.25, 0.3) is 11.0 Å². The zero-order valence-corrected chi connectivity index (χ0v) is 13.5. The lowest BCUT2D eigenvalue weighted by Crippen LogP contribution is -2.23. The lowest BCUT2D eigenvalue weighted by molar-refractivity contribution is 0.261. The fourth-order valence-corrected chi connectivity index (χ4v) is 3.91. The van der Waals surface area contributed by atoms with Gasteiger partial charge >= 0.3 is 0 Å². The predicted octanol–water partition coefficient (Wildman–Crippen LogP) is 5.22. The van der Waals surface area contributed by atoms with Crippen molar-refractivity contribution in [2.24, 2.45) is 5.41 Å². The molecule has 1 aromatic carbocycles. The Kier molecular flexibility index (Phi) is 3.72. The van der Waals surface area contributed by atoms with E-state index in [0.29, 0.717) is 17.3 Å². The average Bonchev–Trinajstić information content (AvgIpc) is 2.91. The van der Waals surface area contributed by atoms with Crippen molar-refractivity contribution in [2.75, 3.05) is 5.88 Å². The molecular weight excluding hydrogens is 291 g/mol. The van der Waals surface area contributed by atoms with Crippen LogP contribution in [0, 0.1) is 5.41 Å². The summed E-state index contributed by atoms with van der Waals surface area (Å²) in [6.07, 6.45) is 4.54. The van der Waals surface area contributed by atoms with Gasteiger partial charge in [0.05, 0.1) is 10.5 Å². The molecule has 0 spiro atoms. The van der Waals surface area contributed by atoms with E-state index < -0.39 is 0 Å². The minimum Gasteiger partial charge on any atom is -0.324 e. The number of para-hydroxylation sites is 1. The second-order valence-electron chi connectivity index (χ2n) is 6.34. The molecule has 1 aromatic heterocycles. The molecule has 1 unspecified atom stereocenters. The standard InChI is InChI=1S/C16H20Cl2N2/c1-16(2)9-4-7-13(16)20-12-6-3-5-11(18)15(12)19-14(20)8-10-17/h3,5-6,13H,4,7-10H2,1-2H3. The van der Waals surface area contributed by atoms with Crippen LogP contribution in [0.2, 0.25) is 5.02 Å². The maximum Gasteiger partial charge on any atom is 0.111 e. The van der Waals surface area contributed by atoms with Crippen molar-refractivity contribution in [3.8, 4) is 0 Å². The van der Waals surface area contributed by atoms with Crippen molar-refractivity contribution >= 4 is 34.2 Å². The highest BCUT2D eigenvalue weighted by Gasteiger charge is 2.37. The summed E-state index contributed by atoms with van der Waals surface area (Å²) >= 11 is 12.3. The molecule has 1 fully saturated rings. The summed E-state index contributed by atoms with van der Waals surface area (Å²) in [7, 11) is 0. The number of aromatic nitrogens is 2. The van der Waals surface area contributed by atoms with E-state index in [1.54, 1.807) is 0 Å². The molecule has 0 bridgehead atoms. The number of imidazole rings is 1. The van der Waals surface area contributed by atoms with Gasteiger partial charge in [-0.1, -0.05) is 37.9 Å². The fraction of sp³-hybridized carbons (Fsp3) is 0.562. The second kappa shape index (κ2) is 5.23. The van der Waals surface area contributed by atoms with Gasteiger partial charge in [0.1, 0.15) is 11.3 Å². The average molecular weight is 311 g/mol. The molecule has 1 aliphatic rings. The largest absolute Gasteiger partial charge is 0.324 e. The summed E-state index contributed by atoms with van der Waals surface area (Å²) < 4.78 is 2.40. The third-order valence-electron chi connectivity index (χ3n) is 4.57. The Balaban J connectivity index is 2.21. The van der Waals surface area contributed by atoms with E-state index in [1.807, 2.05) is 12.1 Å². The van der Waals surface area contributed by atoms with Crippen molar-refractivity contribution in [1.82, 2.24) is 9.55 Å². The molecule has 108 valence electrons. The molecule has 1 atom stereocenters. The summed E-state index contributed by atoms with van der Waals surface area (Å²) in [5, 5.41) is 0.730. The van der Waals surface area contributed by atoms with Gasteiger partial charge in [0.15, 0.2) is 0 Å². The van der Waals surface area contributed by atoms with Gasteiger partial charge in [-0.2, -0.15) is 0 Å². The summed E-state index contributed by atoms with van der Waals surface area (Å²) in [6, 6.07) is 6.53. The highest BCUT2D eigenvalue weighted by molar-refractivity contribution is 6.34. The normalized spacial score (nSPS) is 21.7. The quantitative estimate of drug-likeness (QED) is 0.710. The molecule has 20 heavy (non-hydrogen) atoms. The molecule has 1 aliphatic carbocycles. The molecule has 3 rings (SSSR count). The van der Waals surface area contributed by atoms with Gasteiger partial charge in [-0.15, -0.1) is 11.6 Å². The minimum absolute atomic E-state index is 0.303. The molecular formula is C16H20Cl2N2. The molecule has 0 saturated heterocycles.